The van der Waals surface area contributed by atoms with E-state index in [1.54, 1.807) is 0 Å². The summed E-state index contributed by atoms with van der Waals surface area (Å²) in [7, 11) is 0. The molecule has 2 aromatic rings. The van der Waals surface area contributed by atoms with Gasteiger partial charge >= 0.3 is 5.97 Å². The Kier molecular flexibility index (Phi) is 5.23. The van der Waals surface area contributed by atoms with Gasteiger partial charge in [-0.15, -0.1) is 0 Å². The summed E-state index contributed by atoms with van der Waals surface area (Å²) in [6.45, 7) is -0.729. The third-order valence-corrected chi connectivity index (χ3v) is 5.70. The van der Waals surface area contributed by atoms with Gasteiger partial charge in [-0.25, -0.2) is 4.79 Å². The van der Waals surface area contributed by atoms with Crippen LogP contribution in [0.25, 0.3) is 0 Å². The van der Waals surface area contributed by atoms with Crippen molar-refractivity contribution in [3.05, 3.63) is 57.6 Å². The van der Waals surface area contributed by atoms with Gasteiger partial charge in [-0.05, 0) is 23.8 Å². The summed E-state index contributed by atoms with van der Waals surface area (Å²) in [6.07, 6.45) is -7.99. The van der Waals surface area contributed by atoms with Crippen molar-refractivity contribution < 1.29 is 54.9 Å². The van der Waals surface area contributed by atoms with Gasteiger partial charge in [0.15, 0.2) is 5.78 Å². The molecule has 11 heteroatoms. The van der Waals surface area contributed by atoms with Crippen LogP contribution in [0.3, 0.4) is 0 Å². The molecule has 32 heavy (non-hydrogen) atoms. The number of carboxylic acid groups (broad SMARTS) is 1. The monoisotopic (exact) mass is 446 g/mol. The molecule has 7 N–H and O–H groups in total. The molecule has 1 fully saturated rings. The number of hydrogen-bond donors (Lipinski definition) is 7. The van der Waals surface area contributed by atoms with Crippen molar-refractivity contribution in [3.8, 4) is 11.5 Å². The Morgan fingerprint density at radius 1 is 0.875 bits per heavy atom. The number of phenolic OH excluding ortho intramolecular Hbond substituents is 2. The van der Waals surface area contributed by atoms with Gasteiger partial charge in [0.2, 0.25) is 5.78 Å². The quantitative estimate of drug-likeness (QED) is 0.262. The second-order valence-corrected chi connectivity index (χ2v) is 7.55. The standard InChI is InChI=1S/C21H18O11/c22-5-11-16(26)18(28)19(29)20(32-11)7-1-2-9(23)14-13(7)15(25)8-3-6(21(30)31)4-10(24)12(8)17(14)27/h1-4,11,16,18-20,22-24,26,28-29H,5H2,(H,30,31). The van der Waals surface area contributed by atoms with Gasteiger partial charge in [-0.1, -0.05) is 6.07 Å². The predicted octanol–water partition coefficient (Wildman–Crippen LogP) is -0.914. The van der Waals surface area contributed by atoms with Crippen molar-refractivity contribution in [3.63, 3.8) is 0 Å². The van der Waals surface area contributed by atoms with E-state index in [0.717, 1.165) is 24.3 Å². The number of benzene rings is 2. The first-order valence-corrected chi connectivity index (χ1v) is 9.44. The average molecular weight is 446 g/mol. The molecule has 1 aliphatic heterocycles. The van der Waals surface area contributed by atoms with Crippen LogP contribution in [-0.4, -0.2) is 84.3 Å². The molecule has 4 rings (SSSR count). The van der Waals surface area contributed by atoms with Crippen LogP contribution in [0.15, 0.2) is 24.3 Å². The topological polar surface area (TPSA) is 202 Å². The van der Waals surface area contributed by atoms with Gasteiger partial charge in [0.05, 0.1) is 23.3 Å². The second kappa shape index (κ2) is 7.65. The molecule has 168 valence electrons. The zero-order valence-electron chi connectivity index (χ0n) is 16.2. The van der Waals surface area contributed by atoms with Crippen LogP contribution >= 0.6 is 0 Å². The number of phenols is 2. The smallest absolute Gasteiger partial charge is 0.335 e. The minimum atomic E-state index is -1.77. The SMILES string of the molecule is O=C(O)c1cc(O)c2c(c1)C(=O)c1c(C3OC(CO)C(O)C(O)C3O)ccc(O)c1C2=O. The van der Waals surface area contributed by atoms with E-state index in [2.05, 4.69) is 0 Å². The van der Waals surface area contributed by atoms with Crippen molar-refractivity contribution in [1.29, 1.82) is 0 Å². The molecule has 2 aromatic carbocycles. The summed E-state index contributed by atoms with van der Waals surface area (Å²) >= 11 is 0. The number of ketones is 2. The zero-order chi connectivity index (χ0) is 23.5. The molecule has 1 heterocycles. The number of aromatic carboxylic acids is 1. The van der Waals surface area contributed by atoms with Gasteiger partial charge in [0.1, 0.15) is 42.0 Å². The average Bonchev–Trinajstić information content (AvgIpc) is 2.75. The highest BCUT2D eigenvalue weighted by Gasteiger charge is 2.47. The van der Waals surface area contributed by atoms with Crippen LogP contribution in [0.4, 0.5) is 0 Å². The number of carbonyl (C=O) groups is 3. The lowest BCUT2D eigenvalue weighted by Gasteiger charge is -2.41. The van der Waals surface area contributed by atoms with E-state index in [0.29, 0.717) is 0 Å². The van der Waals surface area contributed by atoms with E-state index >= 15 is 0 Å². The number of ether oxygens (including phenoxy) is 1. The Labute approximate surface area is 179 Å². The molecular formula is C21H18O11. The van der Waals surface area contributed by atoms with Gasteiger partial charge in [-0.2, -0.15) is 0 Å². The first-order valence-electron chi connectivity index (χ1n) is 9.44. The summed E-state index contributed by atoms with van der Waals surface area (Å²) in [5.74, 6) is -4.73. The van der Waals surface area contributed by atoms with E-state index < -0.39 is 94.0 Å². The van der Waals surface area contributed by atoms with E-state index in [1.807, 2.05) is 0 Å². The number of aromatic hydroxyl groups is 2. The normalized spacial score (nSPS) is 27.1. The number of aliphatic hydroxyl groups is 4. The number of carboxylic acids is 1. The third-order valence-electron chi connectivity index (χ3n) is 5.70. The van der Waals surface area contributed by atoms with Crippen LogP contribution < -0.4 is 0 Å². The summed E-state index contributed by atoms with van der Waals surface area (Å²) in [4.78, 5) is 37.8. The van der Waals surface area contributed by atoms with E-state index in [1.165, 1.54) is 0 Å². The van der Waals surface area contributed by atoms with Crippen molar-refractivity contribution in [2.75, 3.05) is 6.61 Å². The first kappa shape index (κ1) is 21.9. The fourth-order valence-corrected chi connectivity index (χ4v) is 4.11. The second-order valence-electron chi connectivity index (χ2n) is 7.55. The Bertz CT molecular complexity index is 1150. The predicted molar refractivity (Wildman–Crippen MR) is 103 cm³/mol. The number of hydrogen-bond acceptors (Lipinski definition) is 10. The highest BCUT2D eigenvalue weighted by atomic mass is 16.5. The Morgan fingerprint density at radius 3 is 2.19 bits per heavy atom. The Morgan fingerprint density at radius 2 is 1.56 bits per heavy atom. The molecule has 0 saturated carbocycles. The molecule has 5 atom stereocenters. The number of fused-ring (bicyclic) bond motifs is 2. The van der Waals surface area contributed by atoms with Crippen molar-refractivity contribution >= 4 is 17.5 Å². The van der Waals surface area contributed by atoms with Crippen LogP contribution in [0, 0.1) is 0 Å². The van der Waals surface area contributed by atoms with Crippen molar-refractivity contribution in [1.82, 2.24) is 0 Å². The molecule has 1 aliphatic carbocycles. The molecule has 0 amide bonds. The van der Waals surface area contributed by atoms with Gasteiger partial charge in [0.25, 0.3) is 0 Å². The largest absolute Gasteiger partial charge is 0.507 e. The highest BCUT2D eigenvalue weighted by Crippen LogP contribution is 2.43. The van der Waals surface area contributed by atoms with E-state index in [9.17, 15) is 50.1 Å². The first-order chi connectivity index (χ1) is 15.1. The number of rotatable bonds is 3. The molecule has 2 aliphatic rings. The lowest BCUT2D eigenvalue weighted by atomic mass is 9.78. The minimum Gasteiger partial charge on any atom is -0.507 e. The van der Waals surface area contributed by atoms with Crippen LogP contribution in [0.1, 0.15) is 53.9 Å². The van der Waals surface area contributed by atoms with E-state index in [4.69, 9.17) is 4.74 Å². The van der Waals surface area contributed by atoms with Gasteiger partial charge in [-0.3, -0.25) is 9.59 Å². The maximum absolute atomic E-state index is 13.3. The van der Waals surface area contributed by atoms with Crippen LogP contribution in [-0.2, 0) is 4.74 Å². The lowest BCUT2D eigenvalue weighted by molar-refractivity contribution is -0.231. The zero-order valence-corrected chi connectivity index (χ0v) is 16.2. The van der Waals surface area contributed by atoms with Gasteiger partial charge < -0.3 is 40.5 Å². The molecule has 11 nitrogen and oxygen atoms in total. The summed E-state index contributed by atoms with van der Waals surface area (Å²) in [5, 5.41) is 69.7. The lowest BCUT2D eigenvalue weighted by Crippen LogP contribution is -2.55. The molecule has 1 saturated heterocycles. The molecule has 5 unspecified atom stereocenters. The number of aliphatic hydroxyl groups excluding tert-OH is 4. The minimum absolute atomic E-state index is 0.140. The molecule has 0 radical (unpaired) electrons. The highest BCUT2D eigenvalue weighted by molar-refractivity contribution is 6.31. The summed E-state index contributed by atoms with van der Waals surface area (Å²) in [5.41, 5.74) is -2.45. The summed E-state index contributed by atoms with van der Waals surface area (Å²) in [6, 6.07) is 3.92. The van der Waals surface area contributed by atoms with Crippen LogP contribution in [0.2, 0.25) is 0 Å². The molecule has 0 aromatic heterocycles. The van der Waals surface area contributed by atoms with Crippen LogP contribution in [0.5, 0.6) is 11.5 Å². The van der Waals surface area contributed by atoms with Crippen molar-refractivity contribution in [2.45, 2.75) is 30.5 Å². The molecule has 0 spiro atoms. The fraction of sp³-hybridized carbons (Fsp3) is 0.286. The molecular weight excluding hydrogens is 428 g/mol. The maximum atomic E-state index is 13.3. The van der Waals surface area contributed by atoms with Crippen molar-refractivity contribution in [2.24, 2.45) is 0 Å². The number of carbonyl (C=O) groups excluding carboxylic acids is 2. The van der Waals surface area contributed by atoms with Gasteiger partial charge in [0, 0.05) is 11.1 Å². The maximum Gasteiger partial charge on any atom is 0.335 e. The summed E-state index contributed by atoms with van der Waals surface area (Å²) < 4.78 is 5.48. The Balaban J connectivity index is 1.93. The van der Waals surface area contributed by atoms with E-state index in [-0.39, 0.29) is 5.56 Å². The third kappa shape index (κ3) is 3.06. The fourth-order valence-electron chi connectivity index (χ4n) is 4.11. The Hall–Kier alpha value is -3.35. The molecule has 0 bridgehead atoms.